The van der Waals surface area contributed by atoms with E-state index in [1.54, 1.807) is 30.3 Å². The number of hydrogen-bond donors (Lipinski definition) is 2. The Morgan fingerprint density at radius 2 is 1.50 bits per heavy atom. The molecule has 2 N–H and O–H groups in total. The number of aromatic hydroxyl groups is 1. The molecule has 3 aromatic rings. The summed E-state index contributed by atoms with van der Waals surface area (Å²) >= 11 is 5.50. The zero-order valence-electron chi connectivity index (χ0n) is 14.4. The van der Waals surface area contributed by atoms with Crippen LogP contribution in [0.15, 0.2) is 66.7 Å². The molecule has 28 heavy (non-hydrogen) atoms. The second kappa shape index (κ2) is 7.94. The van der Waals surface area contributed by atoms with Gasteiger partial charge in [-0.1, -0.05) is 35.9 Å². The first-order valence-electron chi connectivity index (χ1n) is 8.27. The van der Waals surface area contributed by atoms with E-state index in [1.165, 1.54) is 12.1 Å². The third kappa shape index (κ3) is 4.84. The second-order valence-electron chi connectivity index (χ2n) is 6.15. The first-order chi connectivity index (χ1) is 13.2. The fourth-order valence-corrected chi connectivity index (χ4v) is 2.81. The summed E-state index contributed by atoms with van der Waals surface area (Å²) in [6.45, 7) is 0. The molecule has 0 fully saturated rings. The number of rotatable bonds is 1. The summed E-state index contributed by atoms with van der Waals surface area (Å²) in [6.07, 6.45) is -3.98. The normalized spacial score (nSPS) is 12.6. The van der Waals surface area contributed by atoms with Crippen molar-refractivity contribution in [3.05, 3.63) is 82.9 Å². The number of carbonyl (C=O) groups excluding carboxylic acids is 1. The van der Waals surface area contributed by atoms with E-state index >= 15 is 0 Å². The standard InChI is InChI=1S/C15H10F3NO.C6H5ClO/c16-15(17,18)12-5-3-9(4-6-12)10-1-2-11-8-14(20)19-13(11)7-10;7-5-1-3-6(8)4-2-5/h1-7H,8H2,(H,19,20);1-4,8H. The fraction of sp³-hybridized carbons (Fsp3) is 0.0952. The summed E-state index contributed by atoms with van der Waals surface area (Å²) in [5.41, 5.74) is 2.43. The largest absolute Gasteiger partial charge is 0.508 e. The molecule has 144 valence electrons. The van der Waals surface area contributed by atoms with Crippen LogP contribution in [-0.2, 0) is 17.4 Å². The van der Waals surface area contributed by atoms with Gasteiger partial charge in [0.2, 0.25) is 5.91 Å². The van der Waals surface area contributed by atoms with Gasteiger partial charge in [-0.2, -0.15) is 13.2 Å². The topological polar surface area (TPSA) is 49.3 Å². The number of alkyl halides is 3. The van der Waals surface area contributed by atoms with E-state index < -0.39 is 11.7 Å². The van der Waals surface area contributed by atoms with Gasteiger partial charge in [-0.3, -0.25) is 4.79 Å². The minimum Gasteiger partial charge on any atom is -0.508 e. The van der Waals surface area contributed by atoms with Crippen LogP contribution in [0.2, 0.25) is 5.02 Å². The second-order valence-corrected chi connectivity index (χ2v) is 6.58. The average molecular weight is 406 g/mol. The Labute approximate surface area is 164 Å². The molecule has 0 radical (unpaired) electrons. The SMILES string of the molecule is O=C1Cc2ccc(-c3ccc(C(F)(F)F)cc3)cc2N1.Oc1ccc(Cl)cc1. The zero-order valence-corrected chi connectivity index (χ0v) is 15.2. The summed E-state index contributed by atoms with van der Waals surface area (Å²) in [7, 11) is 0. The molecule has 0 saturated heterocycles. The van der Waals surface area contributed by atoms with Gasteiger partial charge in [-0.25, -0.2) is 0 Å². The van der Waals surface area contributed by atoms with Crippen molar-refractivity contribution in [2.45, 2.75) is 12.6 Å². The number of anilines is 1. The zero-order chi connectivity index (χ0) is 20.3. The predicted molar refractivity (Wildman–Crippen MR) is 102 cm³/mol. The van der Waals surface area contributed by atoms with Gasteiger partial charge in [0.15, 0.2) is 0 Å². The molecule has 0 saturated carbocycles. The Morgan fingerprint density at radius 1 is 0.893 bits per heavy atom. The van der Waals surface area contributed by atoms with Gasteiger partial charge in [0.05, 0.1) is 12.0 Å². The molecule has 0 aliphatic carbocycles. The Hall–Kier alpha value is -2.99. The number of phenolic OH excluding ortho intramolecular Hbond substituents is 1. The van der Waals surface area contributed by atoms with Crippen LogP contribution in [0.4, 0.5) is 18.9 Å². The molecule has 0 aromatic heterocycles. The van der Waals surface area contributed by atoms with Gasteiger partial charge in [-0.05, 0) is 59.2 Å². The lowest BCUT2D eigenvalue weighted by Gasteiger charge is -2.08. The van der Waals surface area contributed by atoms with Crippen molar-refractivity contribution >= 4 is 23.2 Å². The molecule has 0 atom stereocenters. The van der Waals surface area contributed by atoms with E-state index in [9.17, 15) is 18.0 Å². The van der Waals surface area contributed by atoms with Crippen LogP contribution in [-0.4, -0.2) is 11.0 Å². The minimum absolute atomic E-state index is 0.0652. The van der Waals surface area contributed by atoms with Crippen molar-refractivity contribution in [3.63, 3.8) is 0 Å². The molecule has 0 unspecified atom stereocenters. The fourth-order valence-electron chi connectivity index (χ4n) is 2.69. The maximum atomic E-state index is 12.5. The molecule has 1 aliphatic rings. The molecule has 1 heterocycles. The minimum atomic E-state index is -4.33. The van der Waals surface area contributed by atoms with Gasteiger partial charge in [0.1, 0.15) is 5.75 Å². The van der Waals surface area contributed by atoms with Crippen LogP contribution in [0, 0.1) is 0 Å². The van der Waals surface area contributed by atoms with Crippen molar-refractivity contribution < 1.29 is 23.1 Å². The maximum Gasteiger partial charge on any atom is 0.416 e. The number of halogens is 4. The first kappa shape index (κ1) is 19.8. The van der Waals surface area contributed by atoms with E-state index in [-0.39, 0.29) is 11.7 Å². The molecule has 4 rings (SSSR count). The summed E-state index contributed by atoms with van der Waals surface area (Å²) < 4.78 is 37.5. The highest BCUT2D eigenvalue weighted by molar-refractivity contribution is 6.30. The quantitative estimate of drug-likeness (QED) is 0.528. The summed E-state index contributed by atoms with van der Waals surface area (Å²) in [6, 6.07) is 16.7. The lowest BCUT2D eigenvalue weighted by atomic mass is 10.0. The third-order valence-electron chi connectivity index (χ3n) is 4.11. The van der Waals surface area contributed by atoms with Crippen LogP contribution in [0.3, 0.4) is 0 Å². The smallest absolute Gasteiger partial charge is 0.416 e. The Bertz CT molecular complexity index is 963. The number of hydrogen-bond acceptors (Lipinski definition) is 2. The van der Waals surface area contributed by atoms with E-state index in [2.05, 4.69) is 5.32 Å². The Balaban J connectivity index is 0.000000236. The molecule has 3 nitrogen and oxygen atoms in total. The van der Waals surface area contributed by atoms with Crippen molar-refractivity contribution in [2.24, 2.45) is 0 Å². The molecule has 3 aromatic carbocycles. The summed E-state index contributed by atoms with van der Waals surface area (Å²) in [5.74, 6) is 0.180. The van der Waals surface area contributed by atoms with Crippen molar-refractivity contribution in [3.8, 4) is 16.9 Å². The number of amides is 1. The van der Waals surface area contributed by atoms with Gasteiger partial charge in [0, 0.05) is 10.7 Å². The van der Waals surface area contributed by atoms with E-state index in [1.807, 2.05) is 12.1 Å². The highest BCUT2D eigenvalue weighted by atomic mass is 35.5. The van der Waals surface area contributed by atoms with Crippen LogP contribution >= 0.6 is 11.6 Å². The molecule has 1 amide bonds. The first-order valence-corrected chi connectivity index (χ1v) is 8.65. The van der Waals surface area contributed by atoms with E-state index in [4.69, 9.17) is 16.7 Å². The van der Waals surface area contributed by atoms with Crippen LogP contribution in [0.1, 0.15) is 11.1 Å². The van der Waals surface area contributed by atoms with Crippen LogP contribution < -0.4 is 5.32 Å². The highest BCUT2D eigenvalue weighted by Gasteiger charge is 2.30. The number of benzene rings is 3. The molecule has 7 heteroatoms. The van der Waals surface area contributed by atoms with Crippen molar-refractivity contribution in [2.75, 3.05) is 5.32 Å². The molecule has 0 bridgehead atoms. The van der Waals surface area contributed by atoms with Gasteiger partial charge in [0.25, 0.3) is 0 Å². The lowest BCUT2D eigenvalue weighted by molar-refractivity contribution is -0.137. The van der Waals surface area contributed by atoms with Crippen LogP contribution in [0.25, 0.3) is 11.1 Å². The number of nitrogens with one attached hydrogen (secondary N) is 1. The van der Waals surface area contributed by atoms with Crippen LogP contribution in [0.5, 0.6) is 5.75 Å². The number of carbonyl (C=O) groups is 1. The predicted octanol–water partition coefficient (Wildman–Crippen LogP) is 5.91. The van der Waals surface area contributed by atoms with Gasteiger partial charge < -0.3 is 10.4 Å². The van der Waals surface area contributed by atoms with E-state index in [0.717, 1.165) is 28.9 Å². The van der Waals surface area contributed by atoms with Gasteiger partial charge in [-0.15, -0.1) is 0 Å². The molecular weight excluding hydrogens is 391 g/mol. The van der Waals surface area contributed by atoms with Gasteiger partial charge >= 0.3 is 6.18 Å². The lowest BCUT2D eigenvalue weighted by Crippen LogP contribution is -2.04. The highest BCUT2D eigenvalue weighted by Crippen LogP contribution is 2.33. The maximum absolute atomic E-state index is 12.5. The Morgan fingerprint density at radius 3 is 2.07 bits per heavy atom. The van der Waals surface area contributed by atoms with Crippen molar-refractivity contribution in [1.29, 1.82) is 0 Å². The third-order valence-corrected chi connectivity index (χ3v) is 4.36. The van der Waals surface area contributed by atoms with E-state index in [0.29, 0.717) is 17.0 Å². The molecular formula is C21H15ClF3NO2. The monoisotopic (exact) mass is 405 g/mol. The number of fused-ring (bicyclic) bond motifs is 1. The summed E-state index contributed by atoms with van der Waals surface area (Å²) in [4.78, 5) is 11.3. The molecule has 1 aliphatic heterocycles. The van der Waals surface area contributed by atoms with Crippen molar-refractivity contribution in [1.82, 2.24) is 0 Å². The number of phenols is 1. The summed E-state index contributed by atoms with van der Waals surface area (Å²) in [5, 5.41) is 12.1. The Kier molecular flexibility index (Phi) is 5.61. The average Bonchev–Trinajstić information content (AvgIpc) is 3.03. The molecule has 0 spiro atoms.